The van der Waals surface area contributed by atoms with E-state index in [0.29, 0.717) is 33.6 Å². The Labute approximate surface area is 204 Å². The number of methoxy groups -OCH3 is 2. The lowest BCUT2D eigenvalue weighted by Gasteiger charge is -2.11. The highest BCUT2D eigenvalue weighted by molar-refractivity contribution is 6.48. The van der Waals surface area contributed by atoms with Gasteiger partial charge in [-0.3, -0.25) is 9.59 Å². The molecule has 0 atom stereocenters. The van der Waals surface area contributed by atoms with Crippen molar-refractivity contribution in [2.75, 3.05) is 19.5 Å². The zero-order valence-corrected chi connectivity index (χ0v) is 19.6. The first-order valence-electron chi connectivity index (χ1n) is 10.8. The third-order valence-corrected chi connectivity index (χ3v) is 5.79. The van der Waals surface area contributed by atoms with Crippen molar-refractivity contribution in [1.82, 2.24) is 9.55 Å². The number of carbonyl (C=O) groups excluding carboxylic acids is 2. The summed E-state index contributed by atoms with van der Waals surface area (Å²) in [5.74, 6) is -0.868. The molecule has 0 radical (unpaired) electrons. The summed E-state index contributed by atoms with van der Waals surface area (Å²) in [5.41, 5.74) is 1.50. The van der Waals surface area contributed by atoms with Gasteiger partial charge in [0.1, 0.15) is 5.75 Å². The molecule has 0 saturated carbocycles. The predicted octanol–water partition coefficient (Wildman–Crippen LogP) is 5.25. The number of carbonyl (C=O) groups is 2. The molecule has 1 amide bonds. The standard InChI is InChI=1S/C26H22F3N3O4/c1-15-23(24(33)25(34)31-18-10-11-30-22(12-18)36-3)20-13-19(35-2)8-9-21(20)32(15)14-16-4-6-17(7-5-16)26(27,28)29/h4-13H,14H2,1-3H3,(H,30,31,34). The minimum Gasteiger partial charge on any atom is -0.497 e. The van der Waals surface area contributed by atoms with Gasteiger partial charge in [-0.2, -0.15) is 13.2 Å². The summed E-state index contributed by atoms with van der Waals surface area (Å²) in [6.07, 6.45) is -3.00. The average molecular weight is 497 g/mol. The number of alkyl halides is 3. The van der Waals surface area contributed by atoms with Gasteiger partial charge in [0.2, 0.25) is 5.88 Å². The normalized spacial score (nSPS) is 11.4. The molecular weight excluding hydrogens is 475 g/mol. The number of aromatic nitrogens is 2. The molecule has 0 bridgehead atoms. The van der Waals surface area contributed by atoms with E-state index in [0.717, 1.165) is 12.1 Å². The summed E-state index contributed by atoms with van der Waals surface area (Å²) in [7, 11) is 2.92. The Bertz CT molecular complexity index is 1440. The van der Waals surface area contributed by atoms with Crippen molar-refractivity contribution in [3.8, 4) is 11.6 Å². The monoisotopic (exact) mass is 497 g/mol. The van der Waals surface area contributed by atoms with Gasteiger partial charge in [-0.15, -0.1) is 0 Å². The van der Waals surface area contributed by atoms with E-state index in [2.05, 4.69) is 10.3 Å². The van der Waals surface area contributed by atoms with Crippen molar-refractivity contribution < 1.29 is 32.2 Å². The first-order chi connectivity index (χ1) is 17.1. The summed E-state index contributed by atoms with van der Waals surface area (Å²) in [4.78, 5) is 30.2. The lowest BCUT2D eigenvalue weighted by Crippen LogP contribution is -2.23. The van der Waals surface area contributed by atoms with E-state index >= 15 is 0 Å². The Hall–Kier alpha value is -4.34. The number of hydrogen-bond donors (Lipinski definition) is 1. The van der Waals surface area contributed by atoms with Gasteiger partial charge in [0, 0.05) is 41.1 Å². The van der Waals surface area contributed by atoms with Crippen molar-refractivity contribution in [1.29, 1.82) is 0 Å². The lowest BCUT2D eigenvalue weighted by molar-refractivity contribution is -0.137. The second-order valence-corrected chi connectivity index (χ2v) is 7.99. The van der Waals surface area contributed by atoms with E-state index in [-0.39, 0.29) is 18.0 Å². The molecule has 0 fully saturated rings. The summed E-state index contributed by atoms with van der Waals surface area (Å²) in [6, 6.07) is 12.9. The maximum Gasteiger partial charge on any atom is 0.416 e. The molecule has 36 heavy (non-hydrogen) atoms. The summed E-state index contributed by atoms with van der Waals surface area (Å²) >= 11 is 0. The number of rotatable bonds is 7. The number of Topliss-reactive ketones (excluding diaryl/α,β-unsaturated/α-hetero) is 1. The maximum absolute atomic E-state index is 13.3. The molecule has 0 aliphatic carbocycles. The molecule has 0 saturated heterocycles. The number of halogens is 3. The molecule has 186 valence electrons. The molecule has 0 unspecified atom stereocenters. The van der Waals surface area contributed by atoms with Gasteiger partial charge in [-0.25, -0.2) is 4.98 Å². The van der Waals surface area contributed by atoms with Crippen LogP contribution in [-0.4, -0.2) is 35.5 Å². The molecule has 2 heterocycles. The molecule has 0 aliphatic rings. The molecule has 2 aromatic carbocycles. The fraction of sp³-hybridized carbons (Fsp3) is 0.192. The van der Waals surface area contributed by atoms with Crippen LogP contribution in [0, 0.1) is 6.92 Å². The van der Waals surface area contributed by atoms with Crippen LogP contribution < -0.4 is 14.8 Å². The van der Waals surface area contributed by atoms with Crippen LogP contribution in [0.5, 0.6) is 11.6 Å². The number of hydrogen-bond acceptors (Lipinski definition) is 5. The minimum atomic E-state index is -4.43. The van der Waals surface area contributed by atoms with Crippen LogP contribution in [0.3, 0.4) is 0 Å². The highest BCUT2D eigenvalue weighted by atomic mass is 19.4. The Morgan fingerprint density at radius 3 is 2.36 bits per heavy atom. The van der Waals surface area contributed by atoms with E-state index in [9.17, 15) is 22.8 Å². The Balaban J connectivity index is 1.72. The number of nitrogens with zero attached hydrogens (tertiary/aromatic N) is 2. The van der Waals surface area contributed by atoms with Gasteiger partial charge in [0.15, 0.2) is 0 Å². The quantitative estimate of drug-likeness (QED) is 0.279. The summed E-state index contributed by atoms with van der Waals surface area (Å²) < 4.78 is 51.0. The van der Waals surface area contributed by atoms with Crippen molar-refractivity contribution in [3.63, 3.8) is 0 Å². The van der Waals surface area contributed by atoms with Gasteiger partial charge in [0.05, 0.1) is 25.3 Å². The van der Waals surface area contributed by atoms with Gasteiger partial charge in [-0.05, 0) is 48.9 Å². The lowest BCUT2D eigenvalue weighted by atomic mass is 10.1. The second-order valence-electron chi connectivity index (χ2n) is 7.99. The molecule has 2 aromatic heterocycles. The zero-order chi connectivity index (χ0) is 26.0. The number of anilines is 1. The number of pyridine rings is 1. The van der Waals surface area contributed by atoms with Crippen LogP contribution in [0.15, 0.2) is 60.8 Å². The van der Waals surface area contributed by atoms with Crippen LogP contribution in [-0.2, 0) is 17.5 Å². The molecular formula is C26H22F3N3O4. The molecule has 4 aromatic rings. The van der Waals surface area contributed by atoms with Crippen molar-refractivity contribution in [3.05, 3.63) is 83.2 Å². The first-order valence-corrected chi connectivity index (χ1v) is 10.8. The predicted molar refractivity (Wildman–Crippen MR) is 128 cm³/mol. The molecule has 0 spiro atoms. The van der Waals surface area contributed by atoms with E-state index in [4.69, 9.17) is 9.47 Å². The maximum atomic E-state index is 13.3. The number of fused-ring (bicyclic) bond motifs is 1. The highest BCUT2D eigenvalue weighted by Crippen LogP contribution is 2.32. The van der Waals surface area contributed by atoms with Crippen LogP contribution in [0.2, 0.25) is 0 Å². The molecule has 1 N–H and O–H groups in total. The van der Waals surface area contributed by atoms with Crippen LogP contribution in [0.25, 0.3) is 10.9 Å². The number of amides is 1. The van der Waals surface area contributed by atoms with E-state index in [1.807, 2.05) is 0 Å². The fourth-order valence-electron chi connectivity index (χ4n) is 3.96. The topological polar surface area (TPSA) is 82.5 Å². The Morgan fingerprint density at radius 1 is 1.00 bits per heavy atom. The van der Waals surface area contributed by atoms with Crippen LogP contribution in [0.1, 0.15) is 27.2 Å². The molecule has 10 heteroatoms. The number of ether oxygens (including phenoxy) is 2. The number of ketones is 1. The van der Waals surface area contributed by atoms with Gasteiger partial charge >= 0.3 is 6.18 Å². The van der Waals surface area contributed by atoms with Gasteiger partial charge < -0.3 is 19.4 Å². The van der Waals surface area contributed by atoms with E-state index in [1.54, 1.807) is 29.7 Å². The SMILES string of the molecule is COc1ccc2c(c1)c(C(=O)C(=O)Nc1ccnc(OC)c1)c(C)n2Cc1ccc(C(F)(F)F)cc1. The first kappa shape index (κ1) is 24.8. The molecule has 7 nitrogen and oxygen atoms in total. The van der Waals surface area contributed by atoms with E-state index in [1.165, 1.54) is 44.7 Å². The smallest absolute Gasteiger partial charge is 0.416 e. The fourth-order valence-corrected chi connectivity index (χ4v) is 3.96. The second kappa shape index (κ2) is 9.73. The van der Waals surface area contributed by atoms with Gasteiger partial charge in [-0.1, -0.05) is 12.1 Å². The zero-order valence-electron chi connectivity index (χ0n) is 19.6. The minimum absolute atomic E-state index is 0.175. The van der Waals surface area contributed by atoms with Crippen LogP contribution >= 0.6 is 0 Å². The molecule has 0 aliphatic heterocycles. The van der Waals surface area contributed by atoms with Crippen molar-refractivity contribution in [2.45, 2.75) is 19.6 Å². The summed E-state index contributed by atoms with van der Waals surface area (Å²) in [5, 5.41) is 3.05. The highest BCUT2D eigenvalue weighted by Gasteiger charge is 2.30. The largest absolute Gasteiger partial charge is 0.497 e. The van der Waals surface area contributed by atoms with E-state index < -0.39 is 23.4 Å². The Morgan fingerprint density at radius 2 is 1.72 bits per heavy atom. The van der Waals surface area contributed by atoms with Crippen molar-refractivity contribution in [2.24, 2.45) is 0 Å². The van der Waals surface area contributed by atoms with Crippen molar-refractivity contribution >= 4 is 28.3 Å². The van der Waals surface area contributed by atoms with Crippen LogP contribution in [0.4, 0.5) is 18.9 Å². The number of nitrogens with one attached hydrogen (secondary N) is 1. The molecule has 4 rings (SSSR count). The Kier molecular flexibility index (Phi) is 6.69. The average Bonchev–Trinajstić information content (AvgIpc) is 3.13. The summed E-state index contributed by atoms with van der Waals surface area (Å²) in [6.45, 7) is 1.88. The third-order valence-electron chi connectivity index (χ3n) is 5.79. The number of benzene rings is 2. The van der Waals surface area contributed by atoms with Gasteiger partial charge in [0.25, 0.3) is 11.7 Å². The third kappa shape index (κ3) is 4.88.